The summed E-state index contributed by atoms with van der Waals surface area (Å²) < 4.78 is 56.8. The number of carboxylic acid groups (broad SMARTS) is 1. The van der Waals surface area contributed by atoms with Gasteiger partial charge in [-0.25, -0.2) is 9.48 Å². The van der Waals surface area contributed by atoms with Gasteiger partial charge in [0.15, 0.2) is 0 Å². The van der Waals surface area contributed by atoms with Gasteiger partial charge >= 0.3 is 18.1 Å². The number of aliphatic carboxylic acids is 1. The molecule has 0 saturated carbocycles. The largest absolute Gasteiger partial charge is 0.480 e. The third-order valence-corrected chi connectivity index (χ3v) is 9.35. The van der Waals surface area contributed by atoms with Crippen LogP contribution < -0.4 is 20.7 Å². The number of benzene rings is 2. The van der Waals surface area contributed by atoms with Crippen LogP contribution in [0.5, 0.6) is 5.88 Å². The van der Waals surface area contributed by atoms with Crippen LogP contribution in [-0.4, -0.2) is 68.6 Å². The molecule has 1 spiro atoms. The number of nitrogens with two attached hydrogens (primary N) is 1. The van der Waals surface area contributed by atoms with Crippen molar-refractivity contribution in [1.82, 2.24) is 25.1 Å². The minimum Gasteiger partial charge on any atom is -0.480 e. The predicted molar refractivity (Wildman–Crippen MR) is 167 cm³/mol. The number of ether oxygens (including phenoxy) is 2. The molecule has 7 rings (SSSR count). The highest BCUT2D eigenvalue weighted by molar-refractivity contribution is 5.94. The zero-order chi connectivity index (χ0) is 33.8. The Labute approximate surface area is 272 Å². The maximum absolute atomic E-state index is 14.9. The highest BCUT2D eigenvalue weighted by Gasteiger charge is 2.46. The topological polar surface area (TPSA) is 158 Å². The molecular formula is C33H32F3N7O5. The highest BCUT2D eigenvalue weighted by atomic mass is 19.4. The number of anilines is 2. The molecule has 0 aliphatic carbocycles. The summed E-state index contributed by atoms with van der Waals surface area (Å²) in [5, 5.41) is 16.9. The van der Waals surface area contributed by atoms with Gasteiger partial charge in [0.05, 0.1) is 16.9 Å². The molecule has 4 aromatic rings. The van der Waals surface area contributed by atoms with Crippen molar-refractivity contribution < 1.29 is 37.3 Å². The van der Waals surface area contributed by atoms with Crippen molar-refractivity contribution in [2.45, 2.75) is 51.1 Å². The van der Waals surface area contributed by atoms with E-state index in [1.165, 1.54) is 16.8 Å². The first-order valence-corrected chi connectivity index (χ1v) is 15.4. The molecule has 2 fully saturated rings. The van der Waals surface area contributed by atoms with Crippen molar-refractivity contribution in [3.8, 4) is 22.7 Å². The zero-order valence-electron chi connectivity index (χ0n) is 25.8. The van der Waals surface area contributed by atoms with Crippen LogP contribution in [0.2, 0.25) is 0 Å². The minimum atomic E-state index is -4.86. The number of aryl methyl sites for hydroxylation is 1. The lowest BCUT2D eigenvalue weighted by atomic mass is 9.76. The number of aromatic nitrogens is 4. The van der Waals surface area contributed by atoms with Crippen LogP contribution in [0.3, 0.4) is 0 Å². The molecule has 12 nitrogen and oxygen atoms in total. The lowest BCUT2D eigenvalue weighted by Gasteiger charge is -2.39. The second-order valence-electron chi connectivity index (χ2n) is 12.5. The van der Waals surface area contributed by atoms with Gasteiger partial charge in [0.25, 0.3) is 0 Å². The van der Waals surface area contributed by atoms with Crippen LogP contribution in [0, 0.1) is 12.3 Å². The molecule has 2 unspecified atom stereocenters. The first-order chi connectivity index (χ1) is 22.9. The van der Waals surface area contributed by atoms with Gasteiger partial charge in [0, 0.05) is 43.0 Å². The third kappa shape index (κ3) is 6.01. The van der Waals surface area contributed by atoms with Crippen LogP contribution in [0.4, 0.5) is 24.9 Å². The number of piperidine rings is 1. The summed E-state index contributed by atoms with van der Waals surface area (Å²) in [5.41, 5.74) is 8.81. The fraction of sp³-hybridized carbons (Fsp3) is 0.364. The van der Waals surface area contributed by atoms with E-state index in [9.17, 15) is 27.9 Å². The molecule has 2 aromatic heterocycles. The summed E-state index contributed by atoms with van der Waals surface area (Å²) in [7, 11) is 0. The zero-order valence-corrected chi connectivity index (χ0v) is 25.8. The Morgan fingerprint density at radius 3 is 2.56 bits per heavy atom. The lowest BCUT2D eigenvalue weighted by Crippen LogP contribution is -2.41. The van der Waals surface area contributed by atoms with Crippen molar-refractivity contribution in [1.29, 1.82) is 0 Å². The Kier molecular flexibility index (Phi) is 7.73. The van der Waals surface area contributed by atoms with Gasteiger partial charge in [-0.1, -0.05) is 18.2 Å². The SMILES string of the molecule is Cc1ccn(-c2cc(-c3ccc4c(c3)COC4=O)ccc2C(Oc2cc(N3CCC4(CC3)CNC(C(=O)O)C4)nc(N)n2)C(F)(F)F)n1. The van der Waals surface area contributed by atoms with Crippen molar-refractivity contribution in [2.75, 3.05) is 30.3 Å². The molecule has 5 heterocycles. The summed E-state index contributed by atoms with van der Waals surface area (Å²) in [5.74, 6) is -1.55. The number of rotatable bonds is 7. The van der Waals surface area contributed by atoms with E-state index in [4.69, 9.17) is 15.2 Å². The number of nitrogens with zero attached hydrogens (tertiary/aromatic N) is 5. The molecule has 0 amide bonds. The highest BCUT2D eigenvalue weighted by Crippen LogP contribution is 2.43. The number of alkyl halides is 3. The smallest absolute Gasteiger partial charge is 0.429 e. The standard InChI is InChI=1S/C33H32F3N7O5/c1-18-6-9-43(41-18)25-13-20(19-2-4-22-21(12-19)16-47-30(22)46)3-5-23(25)28(33(34,35)36)48-27-14-26(39-31(37)40-27)42-10-7-32(8-11-42)15-24(29(44)45)38-17-32/h2-6,9,12-14,24,28,38H,7-8,10-11,15-17H2,1H3,(H,44,45)(H2,37,39,40). The molecule has 2 aromatic carbocycles. The van der Waals surface area contributed by atoms with Gasteiger partial charge in [-0.05, 0) is 67.0 Å². The van der Waals surface area contributed by atoms with Gasteiger partial charge in [-0.3, -0.25) is 4.79 Å². The fourth-order valence-corrected chi connectivity index (χ4v) is 6.77. The van der Waals surface area contributed by atoms with Crippen LogP contribution in [-0.2, 0) is 16.1 Å². The Balaban J connectivity index is 1.19. The van der Waals surface area contributed by atoms with Gasteiger partial charge < -0.3 is 30.5 Å². The van der Waals surface area contributed by atoms with Crippen molar-refractivity contribution >= 4 is 23.7 Å². The number of hydrogen-bond donors (Lipinski definition) is 3. The lowest BCUT2D eigenvalue weighted by molar-refractivity contribution is -0.198. The van der Waals surface area contributed by atoms with E-state index in [0.29, 0.717) is 72.7 Å². The molecule has 48 heavy (non-hydrogen) atoms. The van der Waals surface area contributed by atoms with E-state index >= 15 is 0 Å². The van der Waals surface area contributed by atoms with E-state index in [1.54, 1.807) is 49.5 Å². The number of carbonyl (C=O) groups is 2. The van der Waals surface area contributed by atoms with Crippen LogP contribution in [0.25, 0.3) is 16.8 Å². The molecule has 0 radical (unpaired) electrons. The quantitative estimate of drug-likeness (QED) is 0.237. The number of nitrogens with one attached hydrogen (secondary N) is 1. The molecule has 2 saturated heterocycles. The third-order valence-electron chi connectivity index (χ3n) is 9.35. The normalized spacial score (nSPS) is 19.3. The van der Waals surface area contributed by atoms with Crippen molar-refractivity contribution in [2.24, 2.45) is 5.41 Å². The van der Waals surface area contributed by atoms with Gasteiger partial charge in [-0.15, -0.1) is 0 Å². The Bertz CT molecular complexity index is 1900. The molecule has 250 valence electrons. The van der Waals surface area contributed by atoms with E-state index < -0.39 is 30.3 Å². The summed E-state index contributed by atoms with van der Waals surface area (Å²) in [6.07, 6.45) is -3.86. The first-order valence-electron chi connectivity index (χ1n) is 15.4. The van der Waals surface area contributed by atoms with E-state index in [0.717, 1.165) is 0 Å². The monoisotopic (exact) mass is 663 g/mol. The second-order valence-corrected chi connectivity index (χ2v) is 12.5. The van der Waals surface area contributed by atoms with Crippen molar-refractivity contribution in [3.63, 3.8) is 0 Å². The number of halogens is 3. The number of nitrogen functional groups attached to an aromatic ring is 1. The molecule has 15 heteroatoms. The van der Waals surface area contributed by atoms with Gasteiger partial charge in [-0.2, -0.15) is 28.2 Å². The van der Waals surface area contributed by atoms with Crippen LogP contribution >= 0.6 is 0 Å². The fourth-order valence-electron chi connectivity index (χ4n) is 6.77. The van der Waals surface area contributed by atoms with E-state index in [1.807, 2.05) is 4.90 Å². The average molecular weight is 664 g/mol. The van der Waals surface area contributed by atoms with E-state index in [2.05, 4.69) is 20.4 Å². The Morgan fingerprint density at radius 1 is 1.12 bits per heavy atom. The Morgan fingerprint density at radius 2 is 1.88 bits per heavy atom. The molecule has 4 N–H and O–H groups in total. The maximum Gasteiger partial charge on any atom is 0.429 e. The molecular weight excluding hydrogens is 631 g/mol. The van der Waals surface area contributed by atoms with Crippen LogP contribution in [0.15, 0.2) is 54.7 Å². The molecule has 3 aliphatic rings. The first kappa shape index (κ1) is 31.4. The average Bonchev–Trinajstić information content (AvgIpc) is 3.78. The maximum atomic E-state index is 14.9. The molecule has 3 aliphatic heterocycles. The molecule has 0 bridgehead atoms. The number of cyclic esters (lactones) is 1. The summed E-state index contributed by atoms with van der Waals surface area (Å²) in [6.45, 7) is 3.47. The molecule has 2 atom stereocenters. The van der Waals surface area contributed by atoms with Gasteiger partial charge in [0.2, 0.25) is 17.9 Å². The number of esters is 1. The number of carbonyl (C=O) groups excluding carboxylic acids is 1. The number of carboxylic acids is 1. The summed E-state index contributed by atoms with van der Waals surface area (Å²) >= 11 is 0. The Hall–Kier alpha value is -5.18. The van der Waals surface area contributed by atoms with Crippen LogP contribution in [0.1, 0.15) is 52.5 Å². The van der Waals surface area contributed by atoms with Gasteiger partial charge in [0.1, 0.15) is 18.5 Å². The summed E-state index contributed by atoms with van der Waals surface area (Å²) in [6, 6.07) is 12.1. The summed E-state index contributed by atoms with van der Waals surface area (Å²) in [4.78, 5) is 33.6. The number of fused-ring (bicyclic) bond motifs is 1. The number of hydrogen-bond acceptors (Lipinski definition) is 10. The second kappa shape index (κ2) is 11.8. The van der Waals surface area contributed by atoms with E-state index in [-0.39, 0.29) is 35.1 Å². The van der Waals surface area contributed by atoms with Crippen molar-refractivity contribution in [3.05, 3.63) is 77.1 Å². The minimum absolute atomic E-state index is 0.125. The predicted octanol–water partition coefficient (Wildman–Crippen LogP) is 4.61.